The minimum absolute atomic E-state index is 0.192. The first kappa shape index (κ1) is 11.6. The summed E-state index contributed by atoms with van der Waals surface area (Å²) in [5, 5.41) is 3.57. The van der Waals surface area contributed by atoms with Crippen molar-refractivity contribution in [2.45, 2.75) is 45.3 Å². The summed E-state index contributed by atoms with van der Waals surface area (Å²) in [6.45, 7) is 7.40. The highest BCUT2D eigenvalue weighted by molar-refractivity contribution is 4.97. The molecule has 3 unspecified atom stereocenters. The summed E-state index contributed by atoms with van der Waals surface area (Å²) in [7, 11) is 2.17. The van der Waals surface area contributed by atoms with Gasteiger partial charge >= 0.3 is 0 Å². The Kier molecular flexibility index (Phi) is 3.30. The molecule has 4 nitrogen and oxygen atoms in total. The molecular formula is C12H21N3O. The molecule has 1 aliphatic rings. The molecule has 3 atom stereocenters. The average Bonchev–Trinajstić information content (AvgIpc) is 2.75. The number of likely N-dealkylation sites (tertiary alicyclic amines) is 1. The van der Waals surface area contributed by atoms with Gasteiger partial charge in [-0.05, 0) is 34.2 Å². The van der Waals surface area contributed by atoms with Gasteiger partial charge in [0.15, 0.2) is 0 Å². The molecule has 1 aromatic rings. The lowest BCUT2D eigenvalue weighted by Gasteiger charge is -2.16. The predicted octanol–water partition coefficient (Wildman–Crippen LogP) is 1.73. The highest BCUT2D eigenvalue weighted by Gasteiger charge is 2.27. The van der Waals surface area contributed by atoms with Gasteiger partial charge in [-0.15, -0.1) is 0 Å². The van der Waals surface area contributed by atoms with Crippen LogP contribution < -0.4 is 5.32 Å². The SMILES string of the molecule is Cc1cnc(C(C)NC2CC(C)N(C)C2)o1. The van der Waals surface area contributed by atoms with E-state index >= 15 is 0 Å². The second kappa shape index (κ2) is 4.55. The zero-order valence-corrected chi connectivity index (χ0v) is 10.5. The summed E-state index contributed by atoms with van der Waals surface area (Å²) in [6, 6.07) is 1.40. The number of likely N-dealkylation sites (N-methyl/N-ethyl adjacent to an activating group) is 1. The van der Waals surface area contributed by atoms with Crippen molar-refractivity contribution in [2.24, 2.45) is 0 Å². The summed E-state index contributed by atoms with van der Waals surface area (Å²) in [5.41, 5.74) is 0. The Balaban J connectivity index is 1.91. The van der Waals surface area contributed by atoms with Gasteiger partial charge in [-0.2, -0.15) is 0 Å². The van der Waals surface area contributed by atoms with Gasteiger partial charge in [0, 0.05) is 18.6 Å². The molecule has 0 amide bonds. The summed E-state index contributed by atoms with van der Waals surface area (Å²) >= 11 is 0. The summed E-state index contributed by atoms with van der Waals surface area (Å²) < 4.78 is 5.52. The molecule has 0 aliphatic carbocycles. The Hall–Kier alpha value is -0.870. The van der Waals surface area contributed by atoms with Gasteiger partial charge in [0.1, 0.15) is 5.76 Å². The Bertz CT molecular complexity index is 340. The van der Waals surface area contributed by atoms with E-state index in [-0.39, 0.29) is 6.04 Å². The normalized spacial score (nSPS) is 28.5. The summed E-state index contributed by atoms with van der Waals surface area (Å²) in [6.07, 6.45) is 2.97. The van der Waals surface area contributed by atoms with Crippen molar-refractivity contribution in [3.8, 4) is 0 Å². The number of nitrogens with one attached hydrogen (secondary N) is 1. The topological polar surface area (TPSA) is 41.3 Å². The van der Waals surface area contributed by atoms with Crippen LogP contribution in [0.25, 0.3) is 0 Å². The van der Waals surface area contributed by atoms with Crippen LogP contribution in [0, 0.1) is 6.92 Å². The zero-order chi connectivity index (χ0) is 11.7. The molecule has 16 heavy (non-hydrogen) atoms. The van der Waals surface area contributed by atoms with Crippen LogP contribution in [0.1, 0.15) is 38.0 Å². The smallest absolute Gasteiger partial charge is 0.211 e. The van der Waals surface area contributed by atoms with Crippen LogP contribution in [0.4, 0.5) is 0 Å². The first-order chi connectivity index (χ1) is 7.56. The third-order valence-corrected chi connectivity index (χ3v) is 3.38. The van der Waals surface area contributed by atoms with Crippen LogP contribution >= 0.6 is 0 Å². The largest absolute Gasteiger partial charge is 0.444 e. The van der Waals surface area contributed by atoms with E-state index < -0.39 is 0 Å². The molecule has 1 fully saturated rings. The zero-order valence-electron chi connectivity index (χ0n) is 10.5. The molecule has 4 heteroatoms. The van der Waals surface area contributed by atoms with Crippen molar-refractivity contribution >= 4 is 0 Å². The fraction of sp³-hybridized carbons (Fsp3) is 0.750. The maximum Gasteiger partial charge on any atom is 0.211 e. The fourth-order valence-corrected chi connectivity index (χ4v) is 2.31. The van der Waals surface area contributed by atoms with Gasteiger partial charge in [0.25, 0.3) is 0 Å². The van der Waals surface area contributed by atoms with Gasteiger partial charge in [0.05, 0.1) is 12.2 Å². The van der Waals surface area contributed by atoms with E-state index in [9.17, 15) is 0 Å². The molecule has 0 spiro atoms. The summed E-state index contributed by atoms with van der Waals surface area (Å²) in [4.78, 5) is 6.63. The van der Waals surface area contributed by atoms with Crippen LogP contribution in [-0.2, 0) is 0 Å². The lowest BCUT2D eigenvalue weighted by atomic mass is 10.1. The number of aromatic nitrogens is 1. The van der Waals surface area contributed by atoms with E-state index in [4.69, 9.17) is 4.42 Å². The molecule has 0 aromatic carbocycles. The van der Waals surface area contributed by atoms with Crippen LogP contribution in [-0.4, -0.2) is 35.6 Å². The van der Waals surface area contributed by atoms with E-state index in [0.717, 1.165) is 18.2 Å². The molecule has 0 bridgehead atoms. The minimum Gasteiger partial charge on any atom is -0.444 e. The number of rotatable bonds is 3. The fourth-order valence-electron chi connectivity index (χ4n) is 2.31. The molecule has 1 aliphatic heterocycles. The average molecular weight is 223 g/mol. The molecule has 1 aromatic heterocycles. The molecule has 1 N–H and O–H groups in total. The monoisotopic (exact) mass is 223 g/mol. The van der Waals surface area contributed by atoms with E-state index in [0.29, 0.717) is 12.1 Å². The quantitative estimate of drug-likeness (QED) is 0.847. The van der Waals surface area contributed by atoms with E-state index in [1.165, 1.54) is 6.42 Å². The lowest BCUT2D eigenvalue weighted by molar-refractivity contribution is 0.321. The van der Waals surface area contributed by atoms with Crippen LogP contribution in [0.5, 0.6) is 0 Å². The van der Waals surface area contributed by atoms with Crippen molar-refractivity contribution in [1.82, 2.24) is 15.2 Å². The molecular weight excluding hydrogens is 202 g/mol. The highest BCUT2D eigenvalue weighted by atomic mass is 16.4. The maximum atomic E-state index is 5.52. The van der Waals surface area contributed by atoms with Crippen molar-refractivity contribution in [3.05, 3.63) is 17.8 Å². The van der Waals surface area contributed by atoms with Crippen molar-refractivity contribution < 1.29 is 4.42 Å². The highest BCUT2D eigenvalue weighted by Crippen LogP contribution is 2.19. The van der Waals surface area contributed by atoms with Crippen molar-refractivity contribution in [1.29, 1.82) is 0 Å². The first-order valence-electron chi connectivity index (χ1n) is 5.95. The number of aryl methyl sites for hydroxylation is 1. The van der Waals surface area contributed by atoms with Crippen LogP contribution in [0.3, 0.4) is 0 Å². The van der Waals surface area contributed by atoms with Gasteiger partial charge in [-0.1, -0.05) is 0 Å². The standard InChI is InChI=1S/C12H21N3O/c1-8-5-11(7-15(8)4)14-10(3)12-13-6-9(2)16-12/h6,8,10-11,14H,5,7H2,1-4H3. The van der Waals surface area contributed by atoms with Gasteiger partial charge < -0.3 is 14.6 Å². The van der Waals surface area contributed by atoms with Crippen LogP contribution in [0.2, 0.25) is 0 Å². The third-order valence-electron chi connectivity index (χ3n) is 3.38. The second-order valence-electron chi connectivity index (χ2n) is 4.92. The number of oxazole rings is 1. The Morgan fingerprint density at radius 3 is 2.88 bits per heavy atom. The van der Waals surface area contributed by atoms with E-state index in [1.54, 1.807) is 6.20 Å². The Labute approximate surface area is 97.0 Å². The van der Waals surface area contributed by atoms with Crippen LogP contribution in [0.15, 0.2) is 10.6 Å². The molecule has 1 saturated heterocycles. The van der Waals surface area contributed by atoms with E-state index in [1.807, 2.05) is 6.92 Å². The molecule has 0 saturated carbocycles. The van der Waals surface area contributed by atoms with Gasteiger partial charge in [-0.3, -0.25) is 0 Å². The minimum atomic E-state index is 0.192. The second-order valence-corrected chi connectivity index (χ2v) is 4.92. The number of nitrogens with zero attached hydrogens (tertiary/aromatic N) is 2. The van der Waals surface area contributed by atoms with Gasteiger partial charge in [0.2, 0.25) is 5.89 Å². The molecule has 2 rings (SSSR count). The van der Waals surface area contributed by atoms with E-state index in [2.05, 4.69) is 36.1 Å². The lowest BCUT2D eigenvalue weighted by Crippen LogP contribution is -2.33. The third kappa shape index (κ3) is 2.44. The first-order valence-corrected chi connectivity index (χ1v) is 5.95. The molecule has 90 valence electrons. The maximum absolute atomic E-state index is 5.52. The van der Waals surface area contributed by atoms with Crippen molar-refractivity contribution in [3.63, 3.8) is 0 Å². The predicted molar refractivity (Wildman–Crippen MR) is 63.3 cm³/mol. The molecule has 0 radical (unpaired) electrons. The van der Waals surface area contributed by atoms with Gasteiger partial charge in [-0.25, -0.2) is 4.98 Å². The number of hydrogen-bond acceptors (Lipinski definition) is 4. The molecule has 2 heterocycles. The Morgan fingerprint density at radius 2 is 2.38 bits per heavy atom. The number of hydrogen-bond donors (Lipinski definition) is 1. The van der Waals surface area contributed by atoms with Crippen molar-refractivity contribution in [2.75, 3.05) is 13.6 Å². The summed E-state index contributed by atoms with van der Waals surface area (Å²) in [5.74, 6) is 1.67. The Morgan fingerprint density at radius 1 is 1.62 bits per heavy atom.